The third kappa shape index (κ3) is 3.13. The van der Waals surface area contributed by atoms with Crippen LogP contribution in [0.1, 0.15) is 29.8 Å². The summed E-state index contributed by atoms with van der Waals surface area (Å²) in [5.74, 6) is 0.737. The Hall–Kier alpha value is -2.87. The number of rotatable bonds is 3. The second kappa shape index (κ2) is 6.63. The first-order chi connectivity index (χ1) is 13.6. The van der Waals surface area contributed by atoms with Crippen molar-refractivity contribution in [1.29, 1.82) is 0 Å². The lowest BCUT2D eigenvalue weighted by Crippen LogP contribution is -2.48. The molecule has 4 heterocycles. The molecule has 0 aromatic carbocycles. The Morgan fingerprint density at radius 2 is 2.00 bits per heavy atom. The van der Waals surface area contributed by atoms with E-state index in [4.69, 9.17) is 11.6 Å². The van der Waals surface area contributed by atoms with Crippen LogP contribution < -0.4 is 20.4 Å². The molecule has 0 spiro atoms. The van der Waals surface area contributed by atoms with Gasteiger partial charge in [-0.05, 0) is 43.5 Å². The molecule has 1 saturated heterocycles. The largest absolute Gasteiger partial charge is 0.366 e. The van der Waals surface area contributed by atoms with E-state index >= 15 is 0 Å². The van der Waals surface area contributed by atoms with Crippen LogP contribution in [0.15, 0.2) is 30.5 Å². The maximum atomic E-state index is 13.1. The van der Waals surface area contributed by atoms with Crippen molar-refractivity contribution in [2.75, 3.05) is 28.2 Å². The second-order valence-electron chi connectivity index (χ2n) is 7.34. The van der Waals surface area contributed by atoms with Gasteiger partial charge < -0.3 is 10.2 Å². The minimum Gasteiger partial charge on any atom is -0.366 e. The van der Waals surface area contributed by atoms with Crippen molar-refractivity contribution in [2.45, 2.75) is 31.3 Å². The summed E-state index contributed by atoms with van der Waals surface area (Å²) < 4.78 is 0. The van der Waals surface area contributed by atoms with Gasteiger partial charge in [0.2, 0.25) is 0 Å². The number of halogens is 1. The fourth-order valence-corrected chi connectivity index (χ4v) is 3.82. The van der Waals surface area contributed by atoms with Gasteiger partial charge in [0, 0.05) is 25.3 Å². The third-order valence-corrected chi connectivity index (χ3v) is 5.50. The number of urea groups is 1. The second-order valence-corrected chi connectivity index (χ2v) is 7.77. The number of aromatic nitrogens is 2. The van der Waals surface area contributed by atoms with Crippen LogP contribution in [0.5, 0.6) is 0 Å². The zero-order valence-electron chi connectivity index (χ0n) is 15.1. The summed E-state index contributed by atoms with van der Waals surface area (Å²) in [6, 6.07) is 6.88. The van der Waals surface area contributed by atoms with Crippen molar-refractivity contribution in [3.8, 4) is 0 Å². The maximum absolute atomic E-state index is 13.1. The molecule has 8 nitrogen and oxygen atoms in total. The van der Waals surface area contributed by atoms with E-state index < -0.39 is 0 Å². The van der Waals surface area contributed by atoms with Crippen LogP contribution in [-0.2, 0) is 0 Å². The Labute approximate surface area is 166 Å². The molecule has 5 rings (SSSR count). The number of amides is 3. The highest BCUT2D eigenvalue weighted by molar-refractivity contribution is 6.30. The molecule has 0 unspecified atom stereocenters. The number of carbonyl (C=O) groups is 2. The highest BCUT2D eigenvalue weighted by Crippen LogP contribution is 2.39. The van der Waals surface area contributed by atoms with Crippen LogP contribution in [0.25, 0.3) is 0 Å². The first-order valence-corrected chi connectivity index (χ1v) is 9.75. The number of nitrogens with one attached hydrogen (secondary N) is 2. The highest BCUT2D eigenvalue weighted by atomic mass is 35.5. The Kier molecular flexibility index (Phi) is 4.08. The summed E-state index contributed by atoms with van der Waals surface area (Å²) >= 11 is 5.86. The standard InChI is InChI=1S/C19H19ClN6O2/c20-11-1-6-16(21-9-11)24-19(28)26-13-7-8-25(10-13)15-5-4-14(23-17(15)26)18(27)22-12-2-3-12/h1,4-6,9,12-13H,2-3,7-8,10H2,(H,22,27)(H,21,24,28)/t13-/m0/s1. The summed E-state index contributed by atoms with van der Waals surface area (Å²) in [6.45, 7) is 1.61. The Bertz CT molecular complexity index is 946. The van der Waals surface area contributed by atoms with Gasteiger partial charge in [-0.3, -0.25) is 15.0 Å². The number of hydrogen-bond acceptors (Lipinski definition) is 5. The highest BCUT2D eigenvalue weighted by Gasteiger charge is 2.40. The molecule has 1 aliphatic carbocycles. The molecule has 2 aromatic heterocycles. The topological polar surface area (TPSA) is 90.5 Å². The van der Waals surface area contributed by atoms with E-state index in [9.17, 15) is 9.59 Å². The minimum absolute atomic E-state index is 0.00837. The molecule has 2 fully saturated rings. The summed E-state index contributed by atoms with van der Waals surface area (Å²) in [5.41, 5.74) is 1.20. The zero-order chi connectivity index (χ0) is 19.3. The van der Waals surface area contributed by atoms with Gasteiger partial charge in [-0.1, -0.05) is 11.6 Å². The molecule has 3 aliphatic rings. The van der Waals surface area contributed by atoms with E-state index in [1.807, 2.05) is 6.07 Å². The van der Waals surface area contributed by atoms with E-state index in [-0.39, 0.29) is 24.0 Å². The molecule has 1 atom stereocenters. The van der Waals surface area contributed by atoms with Crippen LogP contribution in [-0.4, -0.2) is 47.1 Å². The smallest absolute Gasteiger partial charge is 0.329 e. The number of hydrogen-bond donors (Lipinski definition) is 2. The van der Waals surface area contributed by atoms with Crippen molar-refractivity contribution in [3.63, 3.8) is 0 Å². The van der Waals surface area contributed by atoms with Crippen molar-refractivity contribution < 1.29 is 9.59 Å². The van der Waals surface area contributed by atoms with E-state index in [1.165, 1.54) is 6.20 Å². The molecule has 0 radical (unpaired) electrons. The van der Waals surface area contributed by atoms with E-state index in [0.717, 1.165) is 38.0 Å². The van der Waals surface area contributed by atoms with Crippen molar-refractivity contribution in [2.24, 2.45) is 0 Å². The lowest BCUT2D eigenvalue weighted by molar-refractivity contribution is 0.0946. The molecule has 144 valence electrons. The Morgan fingerprint density at radius 1 is 1.14 bits per heavy atom. The quantitative estimate of drug-likeness (QED) is 0.829. The molecule has 1 saturated carbocycles. The SMILES string of the molecule is O=C(NC1CC1)c1ccc2c(n1)N(C(=O)Nc1ccc(Cl)cn1)[C@H]1CCN2C1. The average Bonchev–Trinajstić information content (AvgIpc) is 3.41. The molecular formula is C19H19ClN6O2. The monoisotopic (exact) mass is 398 g/mol. The first-order valence-electron chi connectivity index (χ1n) is 9.37. The van der Waals surface area contributed by atoms with Crippen molar-refractivity contribution >= 4 is 40.9 Å². The molecule has 2 bridgehead atoms. The Morgan fingerprint density at radius 3 is 2.75 bits per heavy atom. The lowest BCUT2D eigenvalue weighted by atomic mass is 10.1. The zero-order valence-corrected chi connectivity index (χ0v) is 15.8. The molecule has 28 heavy (non-hydrogen) atoms. The molecular weight excluding hydrogens is 380 g/mol. The number of nitrogens with zero attached hydrogens (tertiary/aromatic N) is 4. The fourth-order valence-electron chi connectivity index (χ4n) is 3.70. The fraction of sp³-hybridized carbons (Fsp3) is 0.368. The van der Waals surface area contributed by atoms with Crippen LogP contribution in [0.2, 0.25) is 5.02 Å². The van der Waals surface area contributed by atoms with Gasteiger partial charge in [0.05, 0.1) is 16.8 Å². The number of anilines is 3. The summed E-state index contributed by atoms with van der Waals surface area (Å²) in [4.78, 5) is 38.0. The summed E-state index contributed by atoms with van der Waals surface area (Å²) in [6.07, 6.45) is 4.35. The van der Waals surface area contributed by atoms with Gasteiger partial charge in [0.25, 0.3) is 5.91 Å². The van der Waals surface area contributed by atoms with Crippen LogP contribution in [0.4, 0.5) is 22.1 Å². The maximum Gasteiger partial charge on any atom is 0.329 e. The number of fused-ring (bicyclic) bond motifs is 4. The third-order valence-electron chi connectivity index (χ3n) is 5.28. The number of pyridine rings is 2. The van der Waals surface area contributed by atoms with Gasteiger partial charge in [-0.15, -0.1) is 0 Å². The van der Waals surface area contributed by atoms with Crippen LogP contribution in [0.3, 0.4) is 0 Å². The number of carbonyl (C=O) groups excluding carboxylic acids is 2. The van der Waals surface area contributed by atoms with Crippen LogP contribution in [0, 0.1) is 0 Å². The van der Waals surface area contributed by atoms with Gasteiger partial charge in [-0.25, -0.2) is 14.8 Å². The van der Waals surface area contributed by atoms with Crippen LogP contribution >= 0.6 is 11.6 Å². The molecule has 9 heteroatoms. The predicted molar refractivity (Wildman–Crippen MR) is 106 cm³/mol. The first kappa shape index (κ1) is 17.2. The van der Waals surface area contributed by atoms with Crippen molar-refractivity contribution in [3.05, 3.63) is 41.2 Å². The van der Waals surface area contributed by atoms with Gasteiger partial charge in [0.1, 0.15) is 11.5 Å². The minimum atomic E-state index is -0.310. The average molecular weight is 399 g/mol. The Balaban J connectivity index is 1.45. The molecule has 3 amide bonds. The van der Waals surface area contributed by atoms with Gasteiger partial charge in [-0.2, -0.15) is 0 Å². The molecule has 2 aromatic rings. The predicted octanol–water partition coefficient (Wildman–Crippen LogP) is 2.65. The van der Waals surface area contributed by atoms with Gasteiger partial charge in [0.15, 0.2) is 5.82 Å². The molecule has 2 aliphatic heterocycles. The summed E-state index contributed by atoms with van der Waals surface area (Å²) in [5, 5.41) is 6.26. The van der Waals surface area contributed by atoms with Crippen molar-refractivity contribution in [1.82, 2.24) is 15.3 Å². The van der Waals surface area contributed by atoms with E-state index in [2.05, 4.69) is 25.5 Å². The summed E-state index contributed by atoms with van der Waals surface area (Å²) in [7, 11) is 0. The lowest BCUT2D eigenvalue weighted by Gasteiger charge is -2.35. The van der Waals surface area contributed by atoms with Gasteiger partial charge >= 0.3 is 6.03 Å². The normalized spacial score (nSPS) is 20.0. The van der Waals surface area contributed by atoms with E-state index in [0.29, 0.717) is 22.4 Å². The van der Waals surface area contributed by atoms with E-state index in [1.54, 1.807) is 23.1 Å². The molecule has 2 N–H and O–H groups in total.